The molecule has 2 aromatic carbocycles. The summed E-state index contributed by atoms with van der Waals surface area (Å²) >= 11 is 1.82. The Morgan fingerprint density at radius 2 is 1.84 bits per heavy atom. The van der Waals surface area contributed by atoms with Crippen LogP contribution in [-0.4, -0.2) is 5.91 Å². The molecule has 3 heteroatoms. The van der Waals surface area contributed by atoms with Crippen LogP contribution in [0.5, 0.6) is 0 Å². The molecule has 0 bridgehead atoms. The van der Waals surface area contributed by atoms with Gasteiger partial charge in [-0.15, -0.1) is 11.3 Å². The molecular weight excluding hydrogens is 254 g/mol. The van der Waals surface area contributed by atoms with Gasteiger partial charge in [0.15, 0.2) is 0 Å². The highest BCUT2D eigenvalue weighted by Gasteiger charge is 2.05. The first kappa shape index (κ1) is 12.2. The van der Waals surface area contributed by atoms with Crippen LogP contribution < -0.4 is 5.73 Å². The summed E-state index contributed by atoms with van der Waals surface area (Å²) in [4.78, 5) is 10.7. The second-order valence-electron chi connectivity index (χ2n) is 4.75. The lowest BCUT2D eigenvalue weighted by Crippen LogP contribution is -2.10. The van der Waals surface area contributed by atoms with Gasteiger partial charge in [0, 0.05) is 26.6 Å². The van der Waals surface area contributed by atoms with E-state index in [0.717, 1.165) is 12.8 Å². The van der Waals surface area contributed by atoms with Gasteiger partial charge in [-0.25, -0.2) is 0 Å². The molecule has 0 saturated heterocycles. The molecule has 1 aromatic heterocycles. The number of rotatable bonds is 4. The molecule has 96 valence electrons. The standard InChI is InChI=1S/C16H15NOS/c17-16(18)7-3-4-11-8-9-13-12-5-1-2-6-14(12)19-15(13)10-11/h1-2,5-6,8-10H,3-4,7H2,(H2,17,18). The van der Waals surface area contributed by atoms with Crippen molar-refractivity contribution in [3.05, 3.63) is 48.0 Å². The van der Waals surface area contributed by atoms with Crippen LogP contribution in [0.1, 0.15) is 18.4 Å². The number of primary amides is 1. The molecule has 0 atom stereocenters. The van der Waals surface area contributed by atoms with Crippen LogP contribution in [0.4, 0.5) is 0 Å². The minimum Gasteiger partial charge on any atom is -0.370 e. The molecule has 0 saturated carbocycles. The average molecular weight is 269 g/mol. The minimum absolute atomic E-state index is 0.219. The van der Waals surface area contributed by atoms with Crippen LogP contribution >= 0.6 is 11.3 Å². The lowest BCUT2D eigenvalue weighted by Gasteiger charge is -2.00. The summed E-state index contributed by atoms with van der Waals surface area (Å²) in [7, 11) is 0. The summed E-state index contributed by atoms with van der Waals surface area (Å²) in [6.07, 6.45) is 2.20. The third kappa shape index (κ3) is 2.47. The maximum Gasteiger partial charge on any atom is 0.217 e. The van der Waals surface area contributed by atoms with E-state index in [-0.39, 0.29) is 5.91 Å². The van der Waals surface area contributed by atoms with E-state index in [2.05, 4.69) is 42.5 Å². The number of benzene rings is 2. The van der Waals surface area contributed by atoms with Gasteiger partial charge in [0.05, 0.1) is 0 Å². The first-order valence-corrected chi connectivity index (χ1v) is 7.24. The number of hydrogen-bond donors (Lipinski definition) is 1. The van der Waals surface area contributed by atoms with E-state index in [0.29, 0.717) is 6.42 Å². The van der Waals surface area contributed by atoms with Gasteiger partial charge in [0.25, 0.3) is 0 Å². The summed E-state index contributed by atoms with van der Waals surface area (Å²) < 4.78 is 2.64. The molecule has 0 aliphatic heterocycles. The predicted molar refractivity (Wildman–Crippen MR) is 81.5 cm³/mol. The van der Waals surface area contributed by atoms with Crippen LogP contribution in [0.2, 0.25) is 0 Å². The fraction of sp³-hybridized carbons (Fsp3) is 0.188. The smallest absolute Gasteiger partial charge is 0.217 e. The zero-order chi connectivity index (χ0) is 13.2. The van der Waals surface area contributed by atoms with Gasteiger partial charge in [0.1, 0.15) is 0 Å². The summed E-state index contributed by atoms with van der Waals surface area (Å²) in [5.41, 5.74) is 6.44. The Balaban J connectivity index is 1.92. The quantitative estimate of drug-likeness (QED) is 0.767. The molecule has 0 radical (unpaired) electrons. The van der Waals surface area contributed by atoms with E-state index < -0.39 is 0 Å². The van der Waals surface area contributed by atoms with Crippen molar-refractivity contribution in [2.24, 2.45) is 5.73 Å². The van der Waals surface area contributed by atoms with Crippen LogP contribution in [-0.2, 0) is 11.2 Å². The van der Waals surface area contributed by atoms with E-state index >= 15 is 0 Å². The van der Waals surface area contributed by atoms with Crippen LogP contribution in [0.3, 0.4) is 0 Å². The van der Waals surface area contributed by atoms with Gasteiger partial charge in [-0.05, 0) is 30.5 Å². The Morgan fingerprint density at radius 3 is 2.68 bits per heavy atom. The fourth-order valence-corrected chi connectivity index (χ4v) is 3.56. The van der Waals surface area contributed by atoms with Crippen molar-refractivity contribution < 1.29 is 4.79 Å². The second kappa shape index (κ2) is 5.02. The third-order valence-electron chi connectivity index (χ3n) is 3.33. The third-order valence-corrected chi connectivity index (χ3v) is 4.47. The highest BCUT2D eigenvalue weighted by Crippen LogP contribution is 2.34. The maximum absolute atomic E-state index is 10.7. The molecule has 3 rings (SSSR count). The number of carbonyl (C=O) groups is 1. The van der Waals surface area contributed by atoms with Crippen molar-refractivity contribution in [2.75, 3.05) is 0 Å². The normalized spacial score (nSPS) is 11.2. The average Bonchev–Trinajstić information content (AvgIpc) is 2.76. The number of thiophene rings is 1. The Kier molecular flexibility index (Phi) is 3.22. The summed E-state index contributed by atoms with van der Waals surface area (Å²) in [5, 5.41) is 2.64. The number of nitrogens with two attached hydrogens (primary N) is 1. The molecule has 0 aliphatic carbocycles. The molecule has 19 heavy (non-hydrogen) atoms. The lowest BCUT2D eigenvalue weighted by atomic mass is 10.1. The Bertz CT molecular complexity index is 745. The van der Waals surface area contributed by atoms with E-state index in [9.17, 15) is 4.79 Å². The molecular formula is C16H15NOS. The van der Waals surface area contributed by atoms with Gasteiger partial charge in [-0.2, -0.15) is 0 Å². The molecule has 0 fully saturated rings. The minimum atomic E-state index is -0.219. The lowest BCUT2D eigenvalue weighted by molar-refractivity contribution is -0.118. The predicted octanol–water partition coefficient (Wildman–Crippen LogP) is 3.86. The SMILES string of the molecule is NC(=O)CCCc1ccc2c(c1)sc1ccccc12. The second-order valence-corrected chi connectivity index (χ2v) is 5.83. The number of carbonyl (C=O) groups excluding carboxylic acids is 1. The number of hydrogen-bond acceptors (Lipinski definition) is 2. The molecule has 0 unspecified atom stereocenters. The molecule has 2 N–H and O–H groups in total. The molecule has 0 spiro atoms. The summed E-state index contributed by atoms with van der Waals surface area (Å²) in [5.74, 6) is -0.219. The van der Waals surface area contributed by atoms with Gasteiger partial charge in [0.2, 0.25) is 5.91 Å². The molecule has 0 aliphatic rings. The Morgan fingerprint density at radius 1 is 1.05 bits per heavy atom. The van der Waals surface area contributed by atoms with Crippen LogP contribution in [0, 0.1) is 0 Å². The summed E-state index contributed by atoms with van der Waals surface area (Å²) in [6, 6.07) is 15.1. The van der Waals surface area contributed by atoms with Gasteiger partial charge < -0.3 is 5.73 Å². The van der Waals surface area contributed by atoms with Crippen molar-refractivity contribution >= 4 is 37.4 Å². The van der Waals surface area contributed by atoms with Crippen molar-refractivity contribution in [2.45, 2.75) is 19.3 Å². The first-order chi connectivity index (χ1) is 9.24. The van der Waals surface area contributed by atoms with E-state index in [1.807, 2.05) is 11.3 Å². The molecule has 3 aromatic rings. The van der Waals surface area contributed by atoms with E-state index in [1.54, 1.807) is 0 Å². The molecule has 1 amide bonds. The summed E-state index contributed by atoms with van der Waals surface area (Å²) in [6.45, 7) is 0. The Labute approximate surface area is 115 Å². The highest BCUT2D eigenvalue weighted by atomic mass is 32.1. The van der Waals surface area contributed by atoms with Crippen LogP contribution in [0.25, 0.3) is 20.2 Å². The molecule has 2 nitrogen and oxygen atoms in total. The van der Waals surface area contributed by atoms with Gasteiger partial charge in [-0.1, -0.05) is 30.3 Å². The van der Waals surface area contributed by atoms with Crippen LogP contribution in [0.15, 0.2) is 42.5 Å². The topological polar surface area (TPSA) is 43.1 Å². The van der Waals surface area contributed by atoms with E-state index in [4.69, 9.17) is 5.73 Å². The number of fused-ring (bicyclic) bond motifs is 3. The zero-order valence-electron chi connectivity index (χ0n) is 10.6. The van der Waals surface area contributed by atoms with Crippen molar-refractivity contribution in [3.63, 3.8) is 0 Å². The maximum atomic E-state index is 10.7. The van der Waals surface area contributed by atoms with Crippen molar-refractivity contribution in [1.29, 1.82) is 0 Å². The highest BCUT2D eigenvalue weighted by molar-refractivity contribution is 7.25. The Hall–Kier alpha value is -1.87. The van der Waals surface area contributed by atoms with Gasteiger partial charge >= 0.3 is 0 Å². The number of amides is 1. The van der Waals surface area contributed by atoms with E-state index in [1.165, 1.54) is 25.7 Å². The fourth-order valence-electron chi connectivity index (χ4n) is 2.39. The van der Waals surface area contributed by atoms with Crippen molar-refractivity contribution in [3.8, 4) is 0 Å². The zero-order valence-corrected chi connectivity index (χ0v) is 11.4. The van der Waals surface area contributed by atoms with Gasteiger partial charge in [-0.3, -0.25) is 4.79 Å². The number of aryl methyl sites for hydroxylation is 1. The molecule has 1 heterocycles. The van der Waals surface area contributed by atoms with Crippen molar-refractivity contribution in [1.82, 2.24) is 0 Å². The monoisotopic (exact) mass is 269 g/mol. The largest absolute Gasteiger partial charge is 0.370 e. The first-order valence-electron chi connectivity index (χ1n) is 6.42.